The molecule has 0 aliphatic carbocycles. The molecule has 1 N–H and O–H groups in total. The largest absolute Gasteiger partial charge is 0.497 e. The fraction of sp³-hybridized carbons (Fsp3) is 0.345. The van der Waals surface area contributed by atoms with Crippen molar-refractivity contribution in [2.75, 3.05) is 13.7 Å². The molecule has 1 fully saturated rings. The average molecular weight is 505 g/mol. The number of ether oxygens (including phenoxy) is 3. The zero-order chi connectivity index (χ0) is 25.1. The smallest absolute Gasteiger partial charge is 0.142 e. The Labute approximate surface area is 216 Å². The molecule has 7 heteroatoms. The van der Waals surface area contributed by atoms with E-state index >= 15 is 0 Å². The number of nitrogens with zero attached hydrogens (tertiary/aromatic N) is 2. The maximum atomic E-state index is 10.9. The van der Waals surface area contributed by atoms with Gasteiger partial charge in [0.1, 0.15) is 36.2 Å². The number of thiazole rings is 1. The predicted octanol–water partition coefficient (Wildman–Crippen LogP) is 6.05. The van der Waals surface area contributed by atoms with Gasteiger partial charge in [0, 0.05) is 30.6 Å². The van der Waals surface area contributed by atoms with E-state index in [0.717, 1.165) is 45.1 Å². The summed E-state index contributed by atoms with van der Waals surface area (Å²) in [6, 6.07) is 22.2. The van der Waals surface area contributed by atoms with Crippen molar-refractivity contribution >= 4 is 21.6 Å². The van der Waals surface area contributed by atoms with Crippen molar-refractivity contribution < 1.29 is 19.3 Å². The van der Waals surface area contributed by atoms with Crippen LogP contribution in [0.1, 0.15) is 37.4 Å². The molecule has 6 nitrogen and oxygen atoms in total. The Morgan fingerprint density at radius 3 is 2.58 bits per heavy atom. The molecule has 5 rings (SSSR count). The molecular weight excluding hydrogens is 472 g/mol. The lowest BCUT2D eigenvalue weighted by atomic mass is 10.0. The Kier molecular flexibility index (Phi) is 7.41. The molecule has 1 aromatic heterocycles. The van der Waals surface area contributed by atoms with E-state index in [1.165, 1.54) is 0 Å². The van der Waals surface area contributed by atoms with E-state index in [4.69, 9.17) is 14.2 Å². The Bertz CT molecular complexity index is 1280. The lowest BCUT2D eigenvalue weighted by Gasteiger charge is -2.28. The topological polar surface area (TPSA) is 64.1 Å². The summed E-state index contributed by atoms with van der Waals surface area (Å²) in [5.74, 6) is 2.54. The summed E-state index contributed by atoms with van der Waals surface area (Å²) >= 11 is 1.57. The van der Waals surface area contributed by atoms with Gasteiger partial charge in [0.25, 0.3) is 0 Å². The fourth-order valence-electron chi connectivity index (χ4n) is 4.82. The molecule has 3 aromatic carbocycles. The number of likely N-dealkylation sites (tertiary alicyclic amines) is 1. The molecule has 188 valence electrons. The molecule has 0 bridgehead atoms. The molecular formula is C29H32N2O4S. The van der Waals surface area contributed by atoms with Crippen molar-refractivity contribution in [1.29, 1.82) is 0 Å². The number of hydrogen-bond acceptors (Lipinski definition) is 7. The first-order valence-corrected chi connectivity index (χ1v) is 13.2. The molecule has 4 aromatic rings. The van der Waals surface area contributed by atoms with Crippen LogP contribution in [0.15, 0.2) is 72.2 Å². The van der Waals surface area contributed by atoms with Crippen LogP contribution in [-0.2, 0) is 6.61 Å². The van der Waals surface area contributed by atoms with Crippen molar-refractivity contribution in [3.63, 3.8) is 0 Å². The molecule has 36 heavy (non-hydrogen) atoms. The highest BCUT2D eigenvalue weighted by Crippen LogP contribution is 2.38. The second kappa shape index (κ2) is 10.9. The summed E-state index contributed by atoms with van der Waals surface area (Å²) in [4.78, 5) is 6.64. The molecule has 1 saturated heterocycles. The van der Waals surface area contributed by atoms with E-state index in [9.17, 15) is 5.11 Å². The van der Waals surface area contributed by atoms with Crippen molar-refractivity contribution in [2.45, 2.75) is 45.2 Å². The first kappa shape index (κ1) is 24.6. The number of aliphatic hydroxyl groups excluding tert-OH is 1. The van der Waals surface area contributed by atoms with E-state index in [1.807, 2.05) is 60.1 Å². The van der Waals surface area contributed by atoms with Crippen LogP contribution in [0.2, 0.25) is 0 Å². The quantitative estimate of drug-likeness (QED) is 0.299. The maximum absolute atomic E-state index is 10.9. The van der Waals surface area contributed by atoms with E-state index in [0.29, 0.717) is 13.0 Å². The van der Waals surface area contributed by atoms with E-state index < -0.39 is 6.23 Å². The van der Waals surface area contributed by atoms with Gasteiger partial charge in [-0.2, -0.15) is 0 Å². The minimum absolute atomic E-state index is 0.0811. The minimum Gasteiger partial charge on any atom is -0.497 e. The Balaban J connectivity index is 1.27. The molecule has 0 amide bonds. The van der Waals surface area contributed by atoms with Crippen LogP contribution in [0.3, 0.4) is 0 Å². The van der Waals surface area contributed by atoms with Crippen LogP contribution in [0.5, 0.6) is 17.2 Å². The standard InChI is InChI=1S/C29H32N2O4S/c1-19(22-9-11-24(33-3)12-10-22)31-16-23(13-28(31)32)20(2)35-27-15-25(14-26-29(27)36-18-30-26)34-17-21-7-5-4-6-8-21/h4-12,14-15,18-20,23,28,32H,13,16-17H2,1-3H3/t19-,20-,23-,28?/m1/s1. The number of benzene rings is 3. The lowest BCUT2D eigenvalue weighted by molar-refractivity contribution is 0.0126. The SMILES string of the molecule is COc1ccc([C@@H](C)N2C[C@H]([C@@H](C)Oc3cc(OCc4ccccc4)cc4ncsc34)CC2O)cc1. The summed E-state index contributed by atoms with van der Waals surface area (Å²) in [7, 11) is 1.67. The number of fused-ring (bicyclic) bond motifs is 1. The van der Waals surface area contributed by atoms with Crippen molar-refractivity contribution in [3.05, 3.63) is 83.4 Å². The van der Waals surface area contributed by atoms with Crippen LogP contribution in [-0.4, -0.2) is 41.0 Å². The summed E-state index contributed by atoms with van der Waals surface area (Å²) in [6.45, 7) is 5.46. The number of aliphatic hydroxyl groups is 1. The number of rotatable bonds is 9. The zero-order valence-corrected chi connectivity index (χ0v) is 21.7. The molecule has 0 saturated carbocycles. The monoisotopic (exact) mass is 504 g/mol. The molecule has 1 aliphatic heterocycles. The minimum atomic E-state index is -0.512. The lowest BCUT2D eigenvalue weighted by Crippen LogP contribution is -2.33. The third-order valence-corrected chi connectivity index (χ3v) is 7.89. The summed E-state index contributed by atoms with van der Waals surface area (Å²) < 4.78 is 18.9. The first-order valence-electron chi connectivity index (χ1n) is 12.3. The van der Waals surface area contributed by atoms with Crippen molar-refractivity contribution in [1.82, 2.24) is 9.88 Å². The Morgan fingerprint density at radius 2 is 1.83 bits per heavy atom. The van der Waals surface area contributed by atoms with Gasteiger partial charge in [0.15, 0.2) is 0 Å². The van der Waals surface area contributed by atoms with Crippen LogP contribution in [0.25, 0.3) is 10.2 Å². The summed E-state index contributed by atoms with van der Waals surface area (Å²) in [5.41, 5.74) is 4.96. The Hall–Kier alpha value is -3.13. The van der Waals surface area contributed by atoms with Gasteiger partial charge in [0.05, 0.1) is 22.8 Å². The fourth-order valence-corrected chi connectivity index (χ4v) is 5.55. The number of hydrogen-bond donors (Lipinski definition) is 1. The highest BCUT2D eigenvalue weighted by molar-refractivity contribution is 7.17. The summed E-state index contributed by atoms with van der Waals surface area (Å²) in [5, 5.41) is 10.9. The van der Waals surface area contributed by atoms with Gasteiger partial charge in [0.2, 0.25) is 0 Å². The van der Waals surface area contributed by atoms with Gasteiger partial charge in [-0.15, -0.1) is 11.3 Å². The van der Waals surface area contributed by atoms with E-state index in [2.05, 4.69) is 35.9 Å². The zero-order valence-electron chi connectivity index (χ0n) is 20.8. The molecule has 0 spiro atoms. The van der Waals surface area contributed by atoms with Gasteiger partial charge < -0.3 is 19.3 Å². The van der Waals surface area contributed by atoms with Gasteiger partial charge in [-0.05, 0) is 43.5 Å². The van der Waals surface area contributed by atoms with Crippen LogP contribution in [0.4, 0.5) is 0 Å². The molecule has 4 atom stereocenters. The second-order valence-corrected chi connectivity index (χ2v) is 10.2. The number of methoxy groups -OCH3 is 1. The first-order chi connectivity index (χ1) is 17.5. The van der Waals surface area contributed by atoms with Gasteiger partial charge in [-0.1, -0.05) is 42.5 Å². The third-order valence-electron chi connectivity index (χ3n) is 7.03. The van der Waals surface area contributed by atoms with Gasteiger partial charge in [-0.3, -0.25) is 4.90 Å². The van der Waals surface area contributed by atoms with Crippen LogP contribution in [0, 0.1) is 5.92 Å². The predicted molar refractivity (Wildman–Crippen MR) is 143 cm³/mol. The van der Waals surface area contributed by atoms with E-state index in [-0.39, 0.29) is 18.1 Å². The highest BCUT2D eigenvalue weighted by Gasteiger charge is 2.37. The van der Waals surface area contributed by atoms with Crippen LogP contribution < -0.4 is 14.2 Å². The molecule has 2 heterocycles. The number of aromatic nitrogens is 1. The Morgan fingerprint density at radius 1 is 1.06 bits per heavy atom. The van der Waals surface area contributed by atoms with Gasteiger partial charge >= 0.3 is 0 Å². The normalized spacial score (nSPS) is 19.8. The van der Waals surface area contributed by atoms with Crippen LogP contribution >= 0.6 is 11.3 Å². The van der Waals surface area contributed by atoms with E-state index in [1.54, 1.807) is 18.4 Å². The average Bonchev–Trinajstić information content (AvgIpc) is 3.54. The summed E-state index contributed by atoms with van der Waals surface area (Å²) in [6.07, 6.45) is 0.0713. The van der Waals surface area contributed by atoms with Gasteiger partial charge in [-0.25, -0.2) is 4.98 Å². The molecule has 0 radical (unpaired) electrons. The molecule has 1 aliphatic rings. The third kappa shape index (κ3) is 5.33. The molecule has 1 unspecified atom stereocenters. The maximum Gasteiger partial charge on any atom is 0.142 e. The second-order valence-electron chi connectivity index (χ2n) is 9.34. The highest BCUT2D eigenvalue weighted by atomic mass is 32.1. The van der Waals surface area contributed by atoms with Crippen molar-refractivity contribution in [3.8, 4) is 17.2 Å². The van der Waals surface area contributed by atoms with Crippen molar-refractivity contribution in [2.24, 2.45) is 5.92 Å².